The number of aromatic hydroxyl groups is 1. The highest BCUT2D eigenvalue weighted by atomic mass is 79.9. The summed E-state index contributed by atoms with van der Waals surface area (Å²) in [6, 6.07) is 23.3. The maximum atomic E-state index is 10.7. The fourth-order valence-corrected chi connectivity index (χ4v) is 4.57. The summed E-state index contributed by atoms with van der Waals surface area (Å²) in [5.41, 5.74) is 2.73. The second kappa shape index (κ2) is 6.35. The summed E-state index contributed by atoms with van der Waals surface area (Å²) in [6.07, 6.45) is 0. The van der Waals surface area contributed by atoms with Gasteiger partial charge in [-0.25, -0.2) is 4.98 Å². The number of phenols is 1. The molecule has 1 heterocycles. The summed E-state index contributed by atoms with van der Waals surface area (Å²) >= 11 is 3.57. The van der Waals surface area contributed by atoms with Crippen molar-refractivity contribution in [3.8, 4) is 17.2 Å². The molecule has 140 valence electrons. The van der Waals surface area contributed by atoms with E-state index in [-0.39, 0.29) is 5.75 Å². The molecule has 30 heavy (non-hydrogen) atoms. The molecular weight excluding hydrogens is 437 g/mol. The van der Waals surface area contributed by atoms with E-state index in [0.717, 1.165) is 42.3 Å². The SMILES string of the molecule is [B]c1ccc2c(c1)c1cc(Br)ccc1c1nc(-c3c(O)ccc4ccccc34)oc21. The van der Waals surface area contributed by atoms with E-state index in [9.17, 15) is 5.11 Å². The summed E-state index contributed by atoms with van der Waals surface area (Å²) in [5.74, 6) is 0.536. The van der Waals surface area contributed by atoms with Crippen LogP contribution in [0.25, 0.3) is 54.9 Å². The third kappa shape index (κ3) is 2.49. The van der Waals surface area contributed by atoms with Gasteiger partial charge in [-0.3, -0.25) is 0 Å². The maximum Gasteiger partial charge on any atom is 0.231 e. The van der Waals surface area contributed by atoms with Gasteiger partial charge in [0.05, 0.1) is 5.56 Å². The van der Waals surface area contributed by atoms with Crippen LogP contribution in [0.1, 0.15) is 0 Å². The topological polar surface area (TPSA) is 46.3 Å². The standard InChI is InChI=1S/C25H13BBrNO2/c26-14-6-8-18-19(11-14)20-12-15(27)7-9-17(20)23-24(18)30-25(28-23)22-16-4-2-1-3-13(16)5-10-21(22)29/h1-12,29H. The molecule has 5 heteroatoms. The average Bonchev–Trinajstić information content (AvgIpc) is 3.18. The van der Waals surface area contributed by atoms with Crippen LogP contribution in [0.3, 0.4) is 0 Å². The second-order valence-corrected chi connectivity index (χ2v) is 8.29. The van der Waals surface area contributed by atoms with Gasteiger partial charge >= 0.3 is 0 Å². The lowest BCUT2D eigenvalue weighted by Crippen LogP contribution is -2.00. The fraction of sp³-hybridized carbons (Fsp3) is 0. The quantitative estimate of drug-likeness (QED) is 0.239. The first-order chi connectivity index (χ1) is 14.6. The molecular formula is C25H13BBrNO2. The molecule has 6 rings (SSSR count). The van der Waals surface area contributed by atoms with E-state index in [4.69, 9.17) is 17.2 Å². The van der Waals surface area contributed by atoms with Crippen LogP contribution in [-0.2, 0) is 0 Å². The highest BCUT2D eigenvalue weighted by molar-refractivity contribution is 9.10. The van der Waals surface area contributed by atoms with Crippen LogP contribution in [0.4, 0.5) is 0 Å². The van der Waals surface area contributed by atoms with Gasteiger partial charge in [-0.05, 0) is 39.7 Å². The number of rotatable bonds is 1. The molecule has 5 aromatic carbocycles. The largest absolute Gasteiger partial charge is 0.507 e. The van der Waals surface area contributed by atoms with Crippen molar-refractivity contribution in [1.29, 1.82) is 0 Å². The van der Waals surface area contributed by atoms with Crippen molar-refractivity contribution in [2.45, 2.75) is 0 Å². The van der Waals surface area contributed by atoms with Gasteiger partial charge < -0.3 is 9.52 Å². The van der Waals surface area contributed by atoms with Gasteiger partial charge in [0.1, 0.15) is 19.1 Å². The molecule has 0 saturated carbocycles. The van der Waals surface area contributed by atoms with Crippen molar-refractivity contribution < 1.29 is 9.52 Å². The number of nitrogens with zero attached hydrogens (tertiary/aromatic N) is 1. The van der Waals surface area contributed by atoms with Crippen LogP contribution >= 0.6 is 15.9 Å². The Morgan fingerprint density at radius 2 is 1.60 bits per heavy atom. The lowest BCUT2D eigenvalue weighted by Gasteiger charge is -2.07. The number of fused-ring (bicyclic) bond motifs is 7. The van der Waals surface area contributed by atoms with Gasteiger partial charge in [-0.1, -0.05) is 76.0 Å². The van der Waals surface area contributed by atoms with E-state index in [0.29, 0.717) is 22.5 Å². The molecule has 2 radical (unpaired) electrons. The first kappa shape index (κ1) is 17.5. The number of benzene rings is 5. The van der Waals surface area contributed by atoms with Crippen molar-refractivity contribution in [2.24, 2.45) is 0 Å². The molecule has 0 fully saturated rings. The Labute approximate surface area is 181 Å². The second-order valence-electron chi connectivity index (χ2n) is 7.37. The van der Waals surface area contributed by atoms with Crippen LogP contribution in [0, 0.1) is 0 Å². The summed E-state index contributed by atoms with van der Waals surface area (Å²) in [7, 11) is 6.08. The zero-order chi connectivity index (χ0) is 20.4. The van der Waals surface area contributed by atoms with Crippen molar-refractivity contribution in [2.75, 3.05) is 0 Å². The summed E-state index contributed by atoms with van der Waals surface area (Å²) in [5, 5.41) is 16.5. The zero-order valence-electron chi connectivity index (χ0n) is 15.7. The van der Waals surface area contributed by atoms with E-state index < -0.39 is 0 Å². The Kier molecular flexibility index (Phi) is 3.71. The predicted octanol–water partition coefficient (Wildman–Crippen LogP) is 6.22. The number of halogens is 1. The monoisotopic (exact) mass is 449 g/mol. The van der Waals surface area contributed by atoms with Crippen LogP contribution in [0.15, 0.2) is 81.7 Å². The first-order valence-corrected chi connectivity index (χ1v) is 10.3. The molecule has 0 amide bonds. The van der Waals surface area contributed by atoms with Crippen LogP contribution in [0.5, 0.6) is 5.75 Å². The van der Waals surface area contributed by atoms with Crippen molar-refractivity contribution in [1.82, 2.24) is 4.98 Å². The molecule has 0 aliphatic heterocycles. The smallest absolute Gasteiger partial charge is 0.231 e. The average molecular weight is 450 g/mol. The Bertz CT molecular complexity index is 1560. The van der Waals surface area contributed by atoms with Crippen LogP contribution < -0.4 is 5.46 Å². The Balaban J connectivity index is 1.79. The number of aromatic nitrogens is 1. The van der Waals surface area contributed by atoms with Crippen LogP contribution in [0.2, 0.25) is 0 Å². The number of hydrogen-bond acceptors (Lipinski definition) is 3. The molecule has 0 unspecified atom stereocenters. The molecule has 6 aromatic rings. The number of phenolic OH excluding ortho intramolecular Hbond substituents is 1. The molecule has 1 aromatic heterocycles. The number of oxazole rings is 1. The van der Waals surface area contributed by atoms with E-state index in [2.05, 4.69) is 22.0 Å². The zero-order valence-corrected chi connectivity index (χ0v) is 17.3. The molecule has 0 bridgehead atoms. The van der Waals surface area contributed by atoms with Gasteiger partial charge in [0.25, 0.3) is 0 Å². The van der Waals surface area contributed by atoms with Gasteiger partial charge in [0.2, 0.25) is 5.89 Å². The third-order valence-corrected chi connectivity index (χ3v) is 6.06. The van der Waals surface area contributed by atoms with Gasteiger partial charge in [-0.2, -0.15) is 0 Å². The molecule has 0 atom stereocenters. The van der Waals surface area contributed by atoms with Gasteiger partial charge in [0, 0.05) is 15.2 Å². The van der Waals surface area contributed by atoms with Gasteiger partial charge in [0.15, 0.2) is 5.58 Å². The molecule has 0 spiro atoms. The molecule has 3 nitrogen and oxygen atoms in total. The number of hydrogen-bond donors (Lipinski definition) is 1. The Morgan fingerprint density at radius 1 is 0.800 bits per heavy atom. The van der Waals surface area contributed by atoms with E-state index in [1.807, 2.05) is 60.7 Å². The fourth-order valence-electron chi connectivity index (χ4n) is 4.21. The third-order valence-electron chi connectivity index (χ3n) is 5.56. The minimum absolute atomic E-state index is 0.140. The highest BCUT2D eigenvalue weighted by Crippen LogP contribution is 2.41. The maximum absolute atomic E-state index is 10.7. The van der Waals surface area contributed by atoms with Gasteiger partial charge in [-0.15, -0.1) is 0 Å². The Hall–Kier alpha value is -3.31. The summed E-state index contributed by atoms with van der Waals surface area (Å²) in [4.78, 5) is 4.85. The highest BCUT2D eigenvalue weighted by Gasteiger charge is 2.20. The lowest BCUT2D eigenvalue weighted by atomic mass is 9.91. The Morgan fingerprint density at radius 3 is 2.50 bits per heavy atom. The molecule has 0 aliphatic rings. The summed E-state index contributed by atoms with van der Waals surface area (Å²) in [6.45, 7) is 0. The van der Waals surface area contributed by atoms with E-state index in [1.54, 1.807) is 6.07 Å². The molecule has 0 aliphatic carbocycles. The van der Waals surface area contributed by atoms with Crippen molar-refractivity contribution >= 4 is 72.7 Å². The minimum Gasteiger partial charge on any atom is -0.507 e. The molecule has 0 saturated heterocycles. The normalized spacial score (nSPS) is 11.8. The van der Waals surface area contributed by atoms with E-state index in [1.165, 1.54) is 0 Å². The van der Waals surface area contributed by atoms with Crippen molar-refractivity contribution in [3.05, 3.63) is 77.3 Å². The van der Waals surface area contributed by atoms with E-state index >= 15 is 0 Å². The predicted molar refractivity (Wildman–Crippen MR) is 127 cm³/mol. The lowest BCUT2D eigenvalue weighted by molar-refractivity contribution is 0.475. The van der Waals surface area contributed by atoms with Crippen molar-refractivity contribution in [3.63, 3.8) is 0 Å². The first-order valence-electron chi connectivity index (χ1n) is 9.52. The van der Waals surface area contributed by atoms with Crippen LogP contribution in [-0.4, -0.2) is 17.9 Å². The molecule has 1 N–H and O–H groups in total. The summed E-state index contributed by atoms with van der Waals surface area (Å²) < 4.78 is 7.29. The minimum atomic E-state index is 0.140.